The molecule has 2 aromatic heterocycles. The second-order valence-electron chi connectivity index (χ2n) is 5.42. The number of nitrogens with zero attached hydrogens (tertiary/aromatic N) is 2. The van der Waals surface area contributed by atoms with E-state index in [1.54, 1.807) is 24.5 Å². The van der Waals surface area contributed by atoms with E-state index in [4.69, 9.17) is 11.6 Å². The fourth-order valence-electron chi connectivity index (χ4n) is 2.48. The maximum atomic E-state index is 12.6. The Balaban J connectivity index is 1.83. The van der Waals surface area contributed by atoms with Crippen LogP contribution < -0.4 is 10.0 Å². The summed E-state index contributed by atoms with van der Waals surface area (Å²) in [4.78, 5) is 16.9. The van der Waals surface area contributed by atoms with Gasteiger partial charge in [-0.05, 0) is 43.3 Å². The molecule has 0 aliphatic heterocycles. The van der Waals surface area contributed by atoms with Crippen LogP contribution in [0.4, 0.5) is 11.4 Å². The van der Waals surface area contributed by atoms with Crippen LogP contribution >= 0.6 is 23.5 Å². The van der Waals surface area contributed by atoms with Gasteiger partial charge in [0.25, 0.3) is 5.91 Å². The van der Waals surface area contributed by atoms with Crippen molar-refractivity contribution in [3.63, 3.8) is 0 Å². The monoisotopic (exact) mass is 372 g/mol. The minimum absolute atomic E-state index is 0.199. The second kappa shape index (κ2) is 7.63. The summed E-state index contributed by atoms with van der Waals surface area (Å²) in [6.45, 7) is 1.94. The number of anilines is 2. The van der Waals surface area contributed by atoms with Crippen LogP contribution in [0.3, 0.4) is 0 Å². The van der Waals surface area contributed by atoms with Crippen LogP contribution in [-0.4, -0.2) is 21.7 Å². The lowest BCUT2D eigenvalue weighted by molar-refractivity contribution is 0.102. The van der Waals surface area contributed by atoms with Crippen LogP contribution in [0.15, 0.2) is 54.9 Å². The zero-order valence-electron chi connectivity index (χ0n) is 13.8. The maximum absolute atomic E-state index is 12.6. The number of carbonyl (C=O) groups is 1. The number of pyridine rings is 1. The van der Waals surface area contributed by atoms with Crippen LogP contribution in [0.25, 0.3) is 5.82 Å². The molecule has 128 valence electrons. The average molecular weight is 373 g/mol. The fraction of sp³-hybridized carbons (Fsp3) is 0.111. The van der Waals surface area contributed by atoms with E-state index in [-0.39, 0.29) is 5.91 Å². The maximum Gasteiger partial charge on any atom is 0.257 e. The molecule has 0 spiro atoms. The quantitative estimate of drug-likeness (QED) is 0.633. The number of aryl methyl sites for hydroxylation is 1. The molecule has 1 amide bonds. The van der Waals surface area contributed by atoms with Crippen molar-refractivity contribution >= 4 is 40.8 Å². The number of rotatable bonds is 5. The molecule has 0 fully saturated rings. The van der Waals surface area contributed by atoms with Gasteiger partial charge in [-0.15, -0.1) is 0 Å². The van der Waals surface area contributed by atoms with E-state index < -0.39 is 0 Å². The van der Waals surface area contributed by atoms with Crippen molar-refractivity contribution in [1.29, 1.82) is 0 Å². The number of amides is 1. The third kappa shape index (κ3) is 4.15. The number of benzene rings is 1. The van der Waals surface area contributed by atoms with Gasteiger partial charge in [-0.3, -0.25) is 4.79 Å². The standard InChI is InChI=1S/C18H17ClN4OS/c1-12-7-13(11-23(12)17-5-3-4-6-20-17)18(24)21-15-8-14(19)9-16(10-15)22-25-2/h3-11,22H,1-2H3,(H,21,24). The first-order valence-corrected chi connectivity index (χ1v) is 9.18. The molecule has 2 heterocycles. The predicted octanol–water partition coefficient (Wildman–Crippen LogP) is 4.78. The second-order valence-corrected chi connectivity index (χ2v) is 6.47. The van der Waals surface area contributed by atoms with Crippen molar-refractivity contribution < 1.29 is 4.79 Å². The van der Waals surface area contributed by atoms with Gasteiger partial charge in [0, 0.05) is 40.7 Å². The van der Waals surface area contributed by atoms with Crippen LogP contribution in [0.5, 0.6) is 0 Å². The highest BCUT2D eigenvalue weighted by Gasteiger charge is 2.12. The Morgan fingerprint density at radius 3 is 2.72 bits per heavy atom. The van der Waals surface area contributed by atoms with Gasteiger partial charge in [0.1, 0.15) is 5.82 Å². The number of halogens is 1. The lowest BCUT2D eigenvalue weighted by Gasteiger charge is -2.08. The highest BCUT2D eigenvalue weighted by atomic mass is 35.5. The first-order valence-electron chi connectivity index (χ1n) is 7.58. The van der Waals surface area contributed by atoms with Gasteiger partial charge in [0.2, 0.25) is 0 Å². The topological polar surface area (TPSA) is 58.9 Å². The largest absolute Gasteiger partial charge is 0.330 e. The number of nitrogens with one attached hydrogen (secondary N) is 2. The number of carbonyl (C=O) groups excluding carboxylic acids is 1. The Morgan fingerprint density at radius 1 is 1.20 bits per heavy atom. The number of hydrogen-bond acceptors (Lipinski definition) is 4. The molecule has 3 aromatic rings. The molecule has 5 nitrogen and oxygen atoms in total. The molecule has 0 aliphatic carbocycles. The minimum Gasteiger partial charge on any atom is -0.330 e. The van der Waals surface area contributed by atoms with E-state index >= 15 is 0 Å². The van der Waals surface area contributed by atoms with Crippen molar-refractivity contribution in [3.8, 4) is 5.82 Å². The number of aromatic nitrogens is 2. The van der Waals surface area contributed by atoms with Crippen molar-refractivity contribution in [2.24, 2.45) is 0 Å². The first kappa shape index (κ1) is 17.4. The van der Waals surface area contributed by atoms with Gasteiger partial charge in [-0.2, -0.15) is 0 Å². The molecule has 0 atom stereocenters. The third-order valence-electron chi connectivity index (χ3n) is 3.55. The lowest BCUT2D eigenvalue weighted by atomic mass is 10.2. The summed E-state index contributed by atoms with van der Waals surface area (Å²) in [6, 6.07) is 12.8. The molecule has 0 saturated carbocycles. The molecule has 7 heteroatoms. The van der Waals surface area contributed by atoms with E-state index in [0.29, 0.717) is 16.3 Å². The minimum atomic E-state index is -0.199. The first-order chi connectivity index (χ1) is 12.1. The molecule has 0 unspecified atom stereocenters. The van der Waals surface area contributed by atoms with Crippen LogP contribution in [-0.2, 0) is 0 Å². The van der Waals surface area contributed by atoms with Gasteiger partial charge in [-0.1, -0.05) is 29.6 Å². The van der Waals surface area contributed by atoms with Crippen molar-refractivity contribution in [2.45, 2.75) is 6.92 Å². The zero-order chi connectivity index (χ0) is 17.8. The van der Waals surface area contributed by atoms with Crippen LogP contribution in [0, 0.1) is 6.92 Å². The molecule has 1 aromatic carbocycles. The van der Waals surface area contributed by atoms with E-state index in [1.165, 1.54) is 11.9 Å². The van der Waals surface area contributed by atoms with Gasteiger partial charge in [0.15, 0.2) is 0 Å². The zero-order valence-corrected chi connectivity index (χ0v) is 15.4. The summed E-state index contributed by atoms with van der Waals surface area (Å²) in [7, 11) is 0. The lowest BCUT2D eigenvalue weighted by Crippen LogP contribution is -2.11. The molecule has 25 heavy (non-hydrogen) atoms. The number of hydrogen-bond donors (Lipinski definition) is 2. The van der Waals surface area contributed by atoms with Crippen LogP contribution in [0.1, 0.15) is 16.1 Å². The SMILES string of the molecule is CSNc1cc(Cl)cc(NC(=O)c2cc(C)n(-c3ccccn3)c2)c1. The Morgan fingerprint density at radius 2 is 2.00 bits per heavy atom. The highest BCUT2D eigenvalue weighted by molar-refractivity contribution is 7.99. The van der Waals surface area contributed by atoms with Gasteiger partial charge >= 0.3 is 0 Å². The molecular formula is C18H17ClN4OS. The molecule has 2 N–H and O–H groups in total. The van der Waals surface area contributed by atoms with Gasteiger partial charge in [0.05, 0.1) is 5.56 Å². The molecule has 0 radical (unpaired) electrons. The van der Waals surface area contributed by atoms with Crippen molar-refractivity contribution in [2.75, 3.05) is 16.3 Å². The molecular weight excluding hydrogens is 356 g/mol. The summed E-state index contributed by atoms with van der Waals surface area (Å²) in [6.07, 6.45) is 5.42. The third-order valence-corrected chi connectivity index (χ3v) is 4.20. The Hall–Kier alpha value is -2.44. The predicted molar refractivity (Wildman–Crippen MR) is 105 cm³/mol. The van der Waals surface area contributed by atoms with Gasteiger partial charge < -0.3 is 14.6 Å². The van der Waals surface area contributed by atoms with Crippen molar-refractivity contribution in [3.05, 3.63) is 71.1 Å². The Bertz CT molecular complexity index is 895. The van der Waals surface area contributed by atoms with E-state index in [9.17, 15) is 4.79 Å². The van der Waals surface area contributed by atoms with E-state index in [0.717, 1.165) is 17.2 Å². The Kier molecular flexibility index (Phi) is 5.31. The summed E-state index contributed by atoms with van der Waals surface area (Å²) < 4.78 is 4.99. The van der Waals surface area contributed by atoms with E-state index in [2.05, 4.69) is 15.0 Å². The molecule has 0 bridgehead atoms. The highest BCUT2D eigenvalue weighted by Crippen LogP contribution is 2.25. The molecule has 3 rings (SSSR count). The summed E-state index contributed by atoms with van der Waals surface area (Å²) in [5, 5.41) is 3.44. The summed E-state index contributed by atoms with van der Waals surface area (Å²) in [5.41, 5.74) is 2.96. The molecule has 0 aliphatic rings. The van der Waals surface area contributed by atoms with E-state index in [1.807, 2.05) is 48.1 Å². The van der Waals surface area contributed by atoms with Gasteiger partial charge in [-0.25, -0.2) is 4.98 Å². The van der Waals surface area contributed by atoms with Crippen molar-refractivity contribution in [1.82, 2.24) is 9.55 Å². The smallest absolute Gasteiger partial charge is 0.257 e. The normalized spacial score (nSPS) is 10.5. The fourth-order valence-corrected chi connectivity index (χ4v) is 3.07. The summed E-state index contributed by atoms with van der Waals surface area (Å²) in [5.74, 6) is 0.573. The Labute approximate surface area is 155 Å². The average Bonchev–Trinajstić information content (AvgIpc) is 2.97. The molecule has 0 saturated heterocycles. The van der Waals surface area contributed by atoms with Crippen LogP contribution in [0.2, 0.25) is 5.02 Å². The summed E-state index contributed by atoms with van der Waals surface area (Å²) >= 11 is 7.57.